The molecule has 0 aliphatic carbocycles. The molecule has 6 heteroatoms. The second-order valence-corrected chi connectivity index (χ2v) is 3.80. The third-order valence-electron chi connectivity index (χ3n) is 2.74. The smallest absolute Gasteiger partial charge is 0.274 e. The van der Waals surface area contributed by atoms with E-state index >= 15 is 0 Å². The Bertz CT molecular complexity index is 379. The molecule has 0 spiro atoms. The molecule has 1 saturated heterocycles. The molecule has 1 aliphatic rings. The molecule has 1 fully saturated rings. The minimum atomic E-state index is -0.191. The van der Waals surface area contributed by atoms with Gasteiger partial charge >= 0.3 is 0 Å². The van der Waals surface area contributed by atoms with Crippen molar-refractivity contribution in [2.24, 2.45) is 0 Å². The summed E-state index contributed by atoms with van der Waals surface area (Å²) in [4.78, 5) is 21.4. The van der Waals surface area contributed by atoms with Crippen LogP contribution in [0, 0.1) is 0 Å². The van der Waals surface area contributed by atoms with Gasteiger partial charge in [0.1, 0.15) is 11.5 Å². The molecule has 0 saturated carbocycles. The Balaban J connectivity index is 2.15. The molecule has 1 amide bonds. The van der Waals surface area contributed by atoms with Crippen LogP contribution in [0.25, 0.3) is 0 Å². The van der Waals surface area contributed by atoms with Crippen LogP contribution in [0.1, 0.15) is 23.3 Å². The quantitative estimate of drug-likeness (QED) is 0.714. The number of hydrogen-bond donors (Lipinski definition) is 2. The number of likely N-dealkylation sites (tertiary alicyclic amines) is 1. The maximum absolute atomic E-state index is 12.0. The van der Waals surface area contributed by atoms with Crippen molar-refractivity contribution in [1.82, 2.24) is 14.9 Å². The number of aliphatic hydroxyl groups excluding tert-OH is 1. The van der Waals surface area contributed by atoms with Crippen molar-refractivity contribution in [3.05, 3.63) is 18.1 Å². The maximum Gasteiger partial charge on any atom is 0.274 e. The highest BCUT2D eigenvalue weighted by Gasteiger charge is 2.29. The molecule has 1 aliphatic heterocycles. The van der Waals surface area contributed by atoms with Gasteiger partial charge in [0.15, 0.2) is 0 Å². The molecule has 16 heavy (non-hydrogen) atoms. The molecule has 0 radical (unpaired) electrons. The first-order chi connectivity index (χ1) is 7.72. The first kappa shape index (κ1) is 10.8. The van der Waals surface area contributed by atoms with Gasteiger partial charge in [0.2, 0.25) is 0 Å². The molecule has 1 atom stereocenters. The Kier molecular flexibility index (Phi) is 3.00. The molecule has 1 aromatic rings. The summed E-state index contributed by atoms with van der Waals surface area (Å²) in [5.41, 5.74) is 5.67. The predicted octanol–water partition coefficient (Wildman–Crippen LogP) is -0.344. The topological polar surface area (TPSA) is 92.3 Å². The Morgan fingerprint density at radius 1 is 1.56 bits per heavy atom. The molecule has 0 bridgehead atoms. The van der Waals surface area contributed by atoms with Crippen molar-refractivity contribution in [3.8, 4) is 0 Å². The number of aromatic nitrogens is 2. The maximum atomic E-state index is 12.0. The standard InChI is InChI=1S/C10H14N4O2/c11-9-5-12-8(4-13-9)10(16)14-3-1-2-7(14)6-15/h4-5,7,15H,1-3,6H2,(H2,11,13). The molecule has 1 unspecified atom stereocenters. The number of hydrogen-bond acceptors (Lipinski definition) is 5. The van der Waals surface area contributed by atoms with Crippen LogP contribution in [0.15, 0.2) is 12.4 Å². The van der Waals surface area contributed by atoms with E-state index in [1.165, 1.54) is 12.4 Å². The van der Waals surface area contributed by atoms with Crippen molar-refractivity contribution in [3.63, 3.8) is 0 Å². The lowest BCUT2D eigenvalue weighted by Crippen LogP contribution is -2.38. The number of nitrogen functional groups attached to an aromatic ring is 1. The minimum Gasteiger partial charge on any atom is -0.394 e. The van der Waals surface area contributed by atoms with E-state index < -0.39 is 0 Å². The van der Waals surface area contributed by atoms with E-state index in [2.05, 4.69) is 9.97 Å². The molecule has 86 valence electrons. The van der Waals surface area contributed by atoms with E-state index in [9.17, 15) is 4.79 Å². The number of nitrogens with two attached hydrogens (primary N) is 1. The number of amides is 1. The highest BCUT2D eigenvalue weighted by atomic mass is 16.3. The van der Waals surface area contributed by atoms with Gasteiger partial charge in [0, 0.05) is 6.54 Å². The van der Waals surface area contributed by atoms with E-state index in [-0.39, 0.29) is 30.1 Å². The third-order valence-corrected chi connectivity index (χ3v) is 2.74. The van der Waals surface area contributed by atoms with Crippen molar-refractivity contribution in [2.45, 2.75) is 18.9 Å². The Labute approximate surface area is 93.1 Å². The molecule has 2 heterocycles. The largest absolute Gasteiger partial charge is 0.394 e. The van der Waals surface area contributed by atoms with Gasteiger partial charge < -0.3 is 15.7 Å². The first-order valence-corrected chi connectivity index (χ1v) is 5.21. The van der Waals surface area contributed by atoms with Crippen LogP contribution >= 0.6 is 0 Å². The monoisotopic (exact) mass is 222 g/mol. The van der Waals surface area contributed by atoms with Crippen LogP contribution in [0.3, 0.4) is 0 Å². The normalized spacial score (nSPS) is 20.1. The lowest BCUT2D eigenvalue weighted by atomic mass is 10.2. The van der Waals surface area contributed by atoms with Gasteiger partial charge in [-0.1, -0.05) is 0 Å². The zero-order valence-corrected chi connectivity index (χ0v) is 8.83. The van der Waals surface area contributed by atoms with E-state index in [1.807, 2.05) is 0 Å². The average Bonchev–Trinajstić information content (AvgIpc) is 2.77. The molecular formula is C10H14N4O2. The van der Waals surface area contributed by atoms with Crippen LogP contribution < -0.4 is 5.73 Å². The number of rotatable bonds is 2. The summed E-state index contributed by atoms with van der Waals surface area (Å²) < 4.78 is 0. The summed E-state index contributed by atoms with van der Waals surface area (Å²) in [7, 11) is 0. The number of nitrogens with zero attached hydrogens (tertiary/aromatic N) is 3. The van der Waals surface area contributed by atoms with E-state index in [0.29, 0.717) is 6.54 Å². The Hall–Kier alpha value is -1.69. The molecule has 3 N–H and O–H groups in total. The summed E-state index contributed by atoms with van der Waals surface area (Å²) >= 11 is 0. The summed E-state index contributed by atoms with van der Waals surface area (Å²) in [5, 5.41) is 9.13. The number of aliphatic hydroxyl groups is 1. The molecular weight excluding hydrogens is 208 g/mol. The van der Waals surface area contributed by atoms with Crippen LogP contribution in [-0.4, -0.2) is 45.1 Å². The van der Waals surface area contributed by atoms with Crippen molar-refractivity contribution in [2.75, 3.05) is 18.9 Å². The van der Waals surface area contributed by atoms with Crippen LogP contribution in [-0.2, 0) is 0 Å². The summed E-state index contributed by atoms with van der Waals surface area (Å²) in [6.45, 7) is 0.657. The highest BCUT2D eigenvalue weighted by molar-refractivity contribution is 5.92. The van der Waals surface area contributed by atoms with Gasteiger partial charge in [0.25, 0.3) is 5.91 Å². The van der Waals surface area contributed by atoms with E-state index in [0.717, 1.165) is 12.8 Å². The van der Waals surface area contributed by atoms with E-state index in [1.54, 1.807) is 4.90 Å². The predicted molar refractivity (Wildman–Crippen MR) is 57.6 cm³/mol. The van der Waals surface area contributed by atoms with Gasteiger partial charge in [-0.3, -0.25) is 4.79 Å². The number of carbonyl (C=O) groups is 1. The Morgan fingerprint density at radius 2 is 2.38 bits per heavy atom. The molecule has 6 nitrogen and oxygen atoms in total. The molecule has 0 aromatic carbocycles. The zero-order valence-electron chi connectivity index (χ0n) is 8.83. The molecule has 1 aromatic heterocycles. The second-order valence-electron chi connectivity index (χ2n) is 3.80. The summed E-state index contributed by atoms with van der Waals surface area (Å²) in [6.07, 6.45) is 4.48. The lowest BCUT2D eigenvalue weighted by molar-refractivity contribution is 0.0671. The van der Waals surface area contributed by atoms with Gasteiger partial charge in [-0.2, -0.15) is 0 Å². The number of carbonyl (C=O) groups excluding carboxylic acids is 1. The molecule has 2 rings (SSSR count). The first-order valence-electron chi connectivity index (χ1n) is 5.21. The SMILES string of the molecule is Nc1cnc(C(=O)N2CCCC2CO)cn1. The summed E-state index contributed by atoms with van der Waals surface area (Å²) in [5.74, 6) is 0.0979. The average molecular weight is 222 g/mol. The zero-order chi connectivity index (χ0) is 11.5. The van der Waals surface area contributed by atoms with Crippen molar-refractivity contribution < 1.29 is 9.90 Å². The Morgan fingerprint density at radius 3 is 3.00 bits per heavy atom. The van der Waals surface area contributed by atoms with Crippen molar-refractivity contribution in [1.29, 1.82) is 0 Å². The van der Waals surface area contributed by atoms with Gasteiger partial charge in [-0.25, -0.2) is 9.97 Å². The highest BCUT2D eigenvalue weighted by Crippen LogP contribution is 2.18. The van der Waals surface area contributed by atoms with Gasteiger partial charge in [-0.05, 0) is 12.8 Å². The van der Waals surface area contributed by atoms with E-state index in [4.69, 9.17) is 10.8 Å². The van der Waals surface area contributed by atoms with Gasteiger partial charge in [0.05, 0.1) is 25.0 Å². The fourth-order valence-electron chi connectivity index (χ4n) is 1.89. The number of anilines is 1. The van der Waals surface area contributed by atoms with Gasteiger partial charge in [-0.15, -0.1) is 0 Å². The minimum absolute atomic E-state index is 0.00581. The van der Waals surface area contributed by atoms with Crippen LogP contribution in [0.4, 0.5) is 5.82 Å². The lowest BCUT2D eigenvalue weighted by Gasteiger charge is -2.22. The van der Waals surface area contributed by atoms with Crippen molar-refractivity contribution >= 4 is 11.7 Å². The van der Waals surface area contributed by atoms with Crippen LogP contribution in [0.5, 0.6) is 0 Å². The fraction of sp³-hybridized carbons (Fsp3) is 0.500. The summed E-state index contributed by atoms with van der Waals surface area (Å²) in [6, 6.07) is -0.0909. The fourth-order valence-corrected chi connectivity index (χ4v) is 1.89. The second kappa shape index (κ2) is 4.44. The van der Waals surface area contributed by atoms with Crippen LogP contribution in [0.2, 0.25) is 0 Å². The third kappa shape index (κ3) is 1.96.